The Kier molecular flexibility index (Phi) is 4.16. The highest BCUT2D eigenvalue weighted by atomic mass is 15.3. The summed E-state index contributed by atoms with van der Waals surface area (Å²) in [4.78, 5) is 5.47. The molecule has 3 fully saturated rings. The van der Waals surface area contributed by atoms with Gasteiger partial charge in [0.25, 0.3) is 0 Å². The lowest BCUT2D eigenvalue weighted by Gasteiger charge is -2.41. The number of rotatable bonds is 3. The second-order valence-electron chi connectivity index (χ2n) is 7.18. The summed E-state index contributed by atoms with van der Waals surface area (Å²) >= 11 is 0. The summed E-state index contributed by atoms with van der Waals surface area (Å²) in [7, 11) is 2.35. The lowest BCUT2D eigenvalue weighted by atomic mass is 9.76. The van der Waals surface area contributed by atoms with Gasteiger partial charge in [-0.25, -0.2) is 0 Å². The molecule has 3 heteroatoms. The fraction of sp³-hybridized carbons (Fsp3) is 1.00. The SMILES string of the molecule is CCC1(CN2CCC3CCC(C2)N3C)CCNCC1. The van der Waals surface area contributed by atoms with Crippen LogP contribution in [0.3, 0.4) is 0 Å². The molecule has 0 saturated carbocycles. The van der Waals surface area contributed by atoms with E-state index in [0.29, 0.717) is 5.41 Å². The topological polar surface area (TPSA) is 18.5 Å². The molecule has 0 radical (unpaired) electrons. The van der Waals surface area contributed by atoms with Gasteiger partial charge in [-0.15, -0.1) is 0 Å². The number of nitrogens with zero attached hydrogens (tertiary/aromatic N) is 2. The summed E-state index contributed by atoms with van der Waals surface area (Å²) in [6.45, 7) is 8.87. The molecule has 2 unspecified atom stereocenters. The van der Waals surface area contributed by atoms with Crippen LogP contribution in [0.15, 0.2) is 0 Å². The quantitative estimate of drug-likeness (QED) is 0.841. The van der Waals surface area contributed by atoms with E-state index in [1.165, 1.54) is 71.2 Å². The molecular formula is C16H31N3. The normalized spacial score (nSPS) is 36.3. The van der Waals surface area contributed by atoms with Crippen LogP contribution in [0.2, 0.25) is 0 Å². The molecule has 3 aliphatic rings. The van der Waals surface area contributed by atoms with Crippen molar-refractivity contribution >= 4 is 0 Å². The van der Waals surface area contributed by atoms with Gasteiger partial charge in [-0.1, -0.05) is 6.92 Å². The van der Waals surface area contributed by atoms with Crippen molar-refractivity contribution < 1.29 is 0 Å². The standard InChI is InChI=1S/C16H31N3/c1-3-16(7-9-17-10-8-16)13-19-11-6-14-4-5-15(12-19)18(14)2/h14-15,17H,3-13H2,1-2H3. The first kappa shape index (κ1) is 13.8. The predicted molar refractivity (Wildman–Crippen MR) is 80.5 cm³/mol. The van der Waals surface area contributed by atoms with Crippen molar-refractivity contribution in [3.63, 3.8) is 0 Å². The predicted octanol–water partition coefficient (Wildman–Crippen LogP) is 1.93. The van der Waals surface area contributed by atoms with Crippen LogP contribution < -0.4 is 5.32 Å². The van der Waals surface area contributed by atoms with Crippen molar-refractivity contribution in [2.75, 3.05) is 39.8 Å². The first-order valence-electron chi connectivity index (χ1n) is 8.37. The van der Waals surface area contributed by atoms with Gasteiger partial charge in [0.2, 0.25) is 0 Å². The number of hydrogen-bond acceptors (Lipinski definition) is 3. The fourth-order valence-electron chi connectivity index (χ4n) is 4.58. The zero-order valence-corrected chi connectivity index (χ0v) is 12.8. The second kappa shape index (κ2) is 5.71. The molecule has 3 heterocycles. The van der Waals surface area contributed by atoms with Gasteiger partial charge in [0, 0.05) is 25.2 Å². The minimum atomic E-state index is 0.605. The van der Waals surface area contributed by atoms with Crippen LogP contribution >= 0.6 is 0 Å². The Hall–Kier alpha value is -0.120. The Bertz CT molecular complexity index is 298. The van der Waals surface area contributed by atoms with Crippen LogP contribution in [0.4, 0.5) is 0 Å². The fourth-order valence-corrected chi connectivity index (χ4v) is 4.58. The van der Waals surface area contributed by atoms with Gasteiger partial charge in [0.05, 0.1) is 0 Å². The maximum absolute atomic E-state index is 3.53. The molecule has 0 aromatic heterocycles. The summed E-state index contributed by atoms with van der Waals surface area (Å²) in [6.07, 6.45) is 8.38. The largest absolute Gasteiger partial charge is 0.317 e. The molecule has 3 aliphatic heterocycles. The van der Waals surface area contributed by atoms with Gasteiger partial charge in [0.1, 0.15) is 0 Å². The van der Waals surface area contributed by atoms with E-state index < -0.39 is 0 Å². The van der Waals surface area contributed by atoms with Crippen LogP contribution in [0.1, 0.15) is 45.4 Å². The molecule has 0 aromatic rings. The van der Waals surface area contributed by atoms with Gasteiger partial charge >= 0.3 is 0 Å². The summed E-state index contributed by atoms with van der Waals surface area (Å²) in [6, 6.07) is 1.71. The van der Waals surface area contributed by atoms with Gasteiger partial charge in [-0.05, 0) is 70.6 Å². The number of nitrogens with one attached hydrogen (secondary N) is 1. The van der Waals surface area contributed by atoms with E-state index in [1.807, 2.05) is 0 Å². The van der Waals surface area contributed by atoms with Crippen molar-refractivity contribution in [3.8, 4) is 0 Å². The minimum Gasteiger partial charge on any atom is -0.317 e. The van der Waals surface area contributed by atoms with Crippen LogP contribution in [-0.4, -0.2) is 61.7 Å². The summed E-state index contributed by atoms with van der Waals surface area (Å²) < 4.78 is 0. The number of likely N-dealkylation sites (tertiary alicyclic amines) is 1. The first-order chi connectivity index (χ1) is 9.22. The zero-order valence-electron chi connectivity index (χ0n) is 12.8. The molecule has 0 aromatic carbocycles. The van der Waals surface area contributed by atoms with Gasteiger partial charge in [-0.3, -0.25) is 4.90 Å². The van der Waals surface area contributed by atoms with E-state index >= 15 is 0 Å². The van der Waals surface area contributed by atoms with Crippen LogP contribution in [-0.2, 0) is 0 Å². The number of fused-ring (bicyclic) bond motifs is 2. The Balaban J connectivity index is 1.62. The molecule has 0 amide bonds. The smallest absolute Gasteiger partial charge is 0.0223 e. The van der Waals surface area contributed by atoms with E-state index in [9.17, 15) is 0 Å². The highest BCUT2D eigenvalue weighted by Gasteiger charge is 2.38. The van der Waals surface area contributed by atoms with E-state index in [0.717, 1.165) is 12.1 Å². The maximum Gasteiger partial charge on any atom is 0.0223 e. The van der Waals surface area contributed by atoms with E-state index in [4.69, 9.17) is 0 Å². The Labute approximate surface area is 118 Å². The van der Waals surface area contributed by atoms with Crippen molar-refractivity contribution in [2.45, 2.75) is 57.5 Å². The molecule has 110 valence electrons. The summed E-state index contributed by atoms with van der Waals surface area (Å²) in [5.41, 5.74) is 0.605. The Morgan fingerprint density at radius 1 is 1.11 bits per heavy atom. The molecular weight excluding hydrogens is 234 g/mol. The van der Waals surface area contributed by atoms with Crippen molar-refractivity contribution in [3.05, 3.63) is 0 Å². The van der Waals surface area contributed by atoms with Crippen molar-refractivity contribution in [1.29, 1.82) is 0 Å². The summed E-state index contributed by atoms with van der Waals surface area (Å²) in [5, 5.41) is 3.53. The van der Waals surface area contributed by atoms with E-state index in [1.54, 1.807) is 0 Å². The Morgan fingerprint density at radius 2 is 1.84 bits per heavy atom. The maximum atomic E-state index is 3.53. The zero-order chi connectivity index (χ0) is 13.3. The van der Waals surface area contributed by atoms with Crippen LogP contribution in [0.5, 0.6) is 0 Å². The highest BCUT2D eigenvalue weighted by Crippen LogP contribution is 2.35. The van der Waals surface area contributed by atoms with Crippen LogP contribution in [0, 0.1) is 5.41 Å². The number of likely N-dealkylation sites (N-methyl/N-ethyl adjacent to an activating group) is 1. The van der Waals surface area contributed by atoms with Crippen molar-refractivity contribution in [1.82, 2.24) is 15.1 Å². The van der Waals surface area contributed by atoms with Gasteiger partial charge < -0.3 is 10.2 Å². The lowest BCUT2D eigenvalue weighted by molar-refractivity contribution is 0.0994. The number of piperidine rings is 1. The molecule has 0 aliphatic carbocycles. The molecule has 2 atom stereocenters. The second-order valence-corrected chi connectivity index (χ2v) is 7.18. The third-order valence-corrected chi connectivity index (χ3v) is 6.21. The molecule has 3 saturated heterocycles. The first-order valence-corrected chi connectivity index (χ1v) is 8.37. The molecule has 3 nitrogen and oxygen atoms in total. The van der Waals surface area contributed by atoms with Crippen LogP contribution in [0.25, 0.3) is 0 Å². The van der Waals surface area contributed by atoms with Crippen molar-refractivity contribution in [2.24, 2.45) is 5.41 Å². The van der Waals surface area contributed by atoms with E-state index in [-0.39, 0.29) is 0 Å². The molecule has 3 rings (SSSR count). The monoisotopic (exact) mass is 265 g/mol. The average Bonchev–Trinajstić information content (AvgIpc) is 2.68. The lowest BCUT2D eigenvalue weighted by Crippen LogP contribution is -2.46. The van der Waals surface area contributed by atoms with Gasteiger partial charge in [-0.2, -0.15) is 0 Å². The molecule has 19 heavy (non-hydrogen) atoms. The molecule has 1 N–H and O–H groups in total. The van der Waals surface area contributed by atoms with Gasteiger partial charge in [0.15, 0.2) is 0 Å². The molecule has 0 spiro atoms. The summed E-state index contributed by atoms with van der Waals surface area (Å²) in [5.74, 6) is 0. The Morgan fingerprint density at radius 3 is 2.58 bits per heavy atom. The third kappa shape index (κ3) is 2.84. The third-order valence-electron chi connectivity index (χ3n) is 6.21. The number of hydrogen-bond donors (Lipinski definition) is 1. The van der Waals surface area contributed by atoms with E-state index in [2.05, 4.69) is 29.1 Å². The average molecular weight is 265 g/mol. The minimum absolute atomic E-state index is 0.605. The molecule has 2 bridgehead atoms. The highest BCUT2D eigenvalue weighted by molar-refractivity contribution is 4.94.